The molecule has 2 aromatic carbocycles. The molecule has 2 N–H and O–H groups in total. The number of nitrogens with two attached hydrogens (primary N) is 1. The first-order valence-electron chi connectivity index (χ1n) is 5.29. The third-order valence-electron chi connectivity index (χ3n) is 2.62. The minimum atomic E-state index is -0.489. The van der Waals surface area contributed by atoms with Crippen molar-refractivity contribution in [3.63, 3.8) is 0 Å². The first-order chi connectivity index (χ1) is 8.18. The summed E-state index contributed by atoms with van der Waals surface area (Å²) in [4.78, 5) is 11.2. The lowest BCUT2D eigenvalue weighted by Crippen LogP contribution is -2.13. The van der Waals surface area contributed by atoms with Gasteiger partial charge in [-0.05, 0) is 23.3 Å². The number of halogens is 1. The molecule has 0 heterocycles. The number of carbonyl (C=O) groups excluding carboxylic acids is 1. The van der Waals surface area contributed by atoms with Crippen LogP contribution in [0.25, 0.3) is 0 Å². The largest absolute Gasteiger partial charge is 0.366 e. The maximum absolute atomic E-state index is 13.5. The van der Waals surface area contributed by atoms with E-state index in [9.17, 15) is 9.18 Å². The lowest BCUT2D eigenvalue weighted by Gasteiger charge is -2.07. The molecule has 0 radical (unpaired) electrons. The summed E-state index contributed by atoms with van der Waals surface area (Å²) in [7, 11) is 0. The Bertz CT molecular complexity index is 551. The van der Waals surface area contributed by atoms with E-state index in [1.54, 1.807) is 36.4 Å². The van der Waals surface area contributed by atoms with Crippen molar-refractivity contribution < 1.29 is 9.18 Å². The van der Waals surface area contributed by atoms with Crippen LogP contribution in [0.15, 0.2) is 48.5 Å². The van der Waals surface area contributed by atoms with E-state index in [0.717, 1.165) is 5.56 Å². The van der Waals surface area contributed by atoms with Crippen molar-refractivity contribution in [2.75, 3.05) is 0 Å². The zero-order chi connectivity index (χ0) is 12.3. The highest BCUT2D eigenvalue weighted by Crippen LogP contribution is 2.16. The predicted octanol–water partition coefficient (Wildman–Crippen LogP) is 2.52. The monoisotopic (exact) mass is 229 g/mol. The molecule has 0 unspecified atom stereocenters. The zero-order valence-corrected chi connectivity index (χ0v) is 9.19. The second kappa shape index (κ2) is 4.78. The summed E-state index contributed by atoms with van der Waals surface area (Å²) < 4.78 is 13.5. The van der Waals surface area contributed by atoms with E-state index in [1.807, 2.05) is 6.07 Å². The molecular formula is C14H12FNO. The topological polar surface area (TPSA) is 43.1 Å². The van der Waals surface area contributed by atoms with Crippen LogP contribution in [-0.4, -0.2) is 5.91 Å². The third-order valence-corrected chi connectivity index (χ3v) is 2.62. The summed E-state index contributed by atoms with van der Waals surface area (Å²) in [5.41, 5.74) is 7.01. The Kier molecular flexibility index (Phi) is 3.19. The molecule has 0 saturated heterocycles. The smallest absolute Gasteiger partial charge is 0.248 e. The predicted molar refractivity (Wildman–Crippen MR) is 64.2 cm³/mol. The van der Waals surface area contributed by atoms with Gasteiger partial charge in [0.15, 0.2) is 0 Å². The van der Waals surface area contributed by atoms with Gasteiger partial charge >= 0.3 is 0 Å². The number of amides is 1. The highest BCUT2D eigenvalue weighted by Gasteiger charge is 2.09. The van der Waals surface area contributed by atoms with Crippen molar-refractivity contribution in [3.8, 4) is 0 Å². The molecule has 0 aliphatic carbocycles. The van der Waals surface area contributed by atoms with Crippen LogP contribution in [-0.2, 0) is 6.42 Å². The highest BCUT2D eigenvalue weighted by molar-refractivity contribution is 5.94. The number of benzene rings is 2. The summed E-state index contributed by atoms with van der Waals surface area (Å²) in [6, 6.07) is 13.5. The Hall–Kier alpha value is -2.16. The lowest BCUT2D eigenvalue weighted by molar-refractivity contribution is 0.0999. The van der Waals surface area contributed by atoms with Gasteiger partial charge in [-0.25, -0.2) is 4.39 Å². The minimum absolute atomic E-state index is 0.272. The quantitative estimate of drug-likeness (QED) is 0.863. The van der Waals surface area contributed by atoms with Crippen molar-refractivity contribution in [2.45, 2.75) is 6.42 Å². The molecule has 2 nitrogen and oxygen atoms in total. The van der Waals surface area contributed by atoms with Crippen LogP contribution >= 0.6 is 0 Å². The van der Waals surface area contributed by atoms with E-state index < -0.39 is 5.91 Å². The van der Waals surface area contributed by atoms with E-state index in [0.29, 0.717) is 17.5 Å². The number of carbonyl (C=O) groups is 1. The zero-order valence-electron chi connectivity index (χ0n) is 9.19. The molecule has 0 fully saturated rings. The number of hydrogen-bond donors (Lipinski definition) is 1. The van der Waals surface area contributed by atoms with Crippen LogP contribution < -0.4 is 5.73 Å². The first-order valence-corrected chi connectivity index (χ1v) is 5.29. The number of rotatable bonds is 3. The van der Waals surface area contributed by atoms with Gasteiger partial charge in [-0.15, -0.1) is 0 Å². The molecule has 2 aromatic rings. The van der Waals surface area contributed by atoms with Gasteiger partial charge in [0, 0.05) is 12.0 Å². The Balaban J connectivity index is 2.37. The average Bonchev–Trinajstić information content (AvgIpc) is 2.32. The molecule has 0 saturated carbocycles. The van der Waals surface area contributed by atoms with Gasteiger partial charge in [-0.2, -0.15) is 0 Å². The summed E-state index contributed by atoms with van der Waals surface area (Å²) in [6.07, 6.45) is 0.367. The molecular weight excluding hydrogens is 217 g/mol. The van der Waals surface area contributed by atoms with Crippen LogP contribution in [0.5, 0.6) is 0 Å². The van der Waals surface area contributed by atoms with Crippen molar-refractivity contribution in [1.82, 2.24) is 0 Å². The average molecular weight is 229 g/mol. The molecule has 0 aliphatic heterocycles. The van der Waals surface area contributed by atoms with E-state index >= 15 is 0 Å². The van der Waals surface area contributed by atoms with Crippen molar-refractivity contribution >= 4 is 5.91 Å². The Morgan fingerprint density at radius 3 is 2.24 bits per heavy atom. The van der Waals surface area contributed by atoms with Gasteiger partial charge in [0.05, 0.1) is 0 Å². The molecule has 0 spiro atoms. The van der Waals surface area contributed by atoms with Crippen LogP contribution in [0.1, 0.15) is 21.5 Å². The van der Waals surface area contributed by atoms with E-state index in [1.165, 1.54) is 6.07 Å². The Labute approximate surface area is 98.9 Å². The lowest BCUT2D eigenvalue weighted by atomic mass is 9.99. The van der Waals surface area contributed by atoms with Crippen molar-refractivity contribution in [2.24, 2.45) is 5.73 Å². The third kappa shape index (κ3) is 2.50. The van der Waals surface area contributed by atoms with E-state index in [4.69, 9.17) is 5.73 Å². The van der Waals surface area contributed by atoms with Crippen LogP contribution in [0.3, 0.4) is 0 Å². The summed E-state index contributed by atoms with van der Waals surface area (Å²) in [5, 5.41) is 0. The van der Waals surface area contributed by atoms with Crippen LogP contribution in [0.4, 0.5) is 4.39 Å². The van der Waals surface area contributed by atoms with Gasteiger partial charge in [0.1, 0.15) is 5.82 Å². The fourth-order valence-electron chi connectivity index (χ4n) is 1.76. The first kappa shape index (κ1) is 11.3. The summed E-state index contributed by atoms with van der Waals surface area (Å²) in [5.74, 6) is -0.760. The molecule has 1 amide bonds. The second-order valence-electron chi connectivity index (χ2n) is 3.79. The van der Waals surface area contributed by atoms with Crippen LogP contribution in [0.2, 0.25) is 0 Å². The normalized spacial score (nSPS) is 10.2. The Morgan fingerprint density at radius 2 is 1.59 bits per heavy atom. The molecule has 86 valence electrons. The van der Waals surface area contributed by atoms with Gasteiger partial charge in [-0.3, -0.25) is 4.79 Å². The summed E-state index contributed by atoms with van der Waals surface area (Å²) in [6.45, 7) is 0. The maximum atomic E-state index is 13.5. The van der Waals surface area contributed by atoms with Gasteiger partial charge in [0.25, 0.3) is 0 Å². The maximum Gasteiger partial charge on any atom is 0.248 e. The molecule has 0 aliphatic rings. The van der Waals surface area contributed by atoms with Crippen molar-refractivity contribution in [1.29, 1.82) is 0 Å². The molecule has 0 bridgehead atoms. The SMILES string of the molecule is NC(=O)c1ccccc1Cc1ccccc1F. The van der Waals surface area contributed by atoms with Crippen molar-refractivity contribution in [3.05, 3.63) is 71.0 Å². The molecule has 3 heteroatoms. The van der Waals surface area contributed by atoms with E-state index in [-0.39, 0.29) is 5.82 Å². The number of primary amides is 1. The van der Waals surface area contributed by atoms with Gasteiger partial charge in [0.2, 0.25) is 5.91 Å². The molecule has 0 aromatic heterocycles. The highest BCUT2D eigenvalue weighted by atomic mass is 19.1. The fraction of sp³-hybridized carbons (Fsp3) is 0.0714. The van der Waals surface area contributed by atoms with Gasteiger partial charge in [-0.1, -0.05) is 36.4 Å². The molecule has 2 rings (SSSR count). The van der Waals surface area contributed by atoms with Gasteiger partial charge < -0.3 is 5.73 Å². The minimum Gasteiger partial charge on any atom is -0.366 e. The van der Waals surface area contributed by atoms with Crippen LogP contribution in [0, 0.1) is 5.82 Å². The fourth-order valence-corrected chi connectivity index (χ4v) is 1.76. The summed E-state index contributed by atoms with van der Waals surface area (Å²) >= 11 is 0. The standard InChI is InChI=1S/C14H12FNO/c15-13-8-4-2-6-11(13)9-10-5-1-3-7-12(10)14(16)17/h1-8H,9H2,(H2,16,17). The van der Waals surface area contributed by atoms with E-state index in [2.05, 4.69) is 0 Å². The number of hydrogen-bond acceptors (Lipinski definition) is 1. The molecule has 17 heavy (non-hydrogen) atoms. The second-order valence-corrected chi connectivity index (χ2v) is 3.79. The Morgan fingerprint density at radius 1 is 1.00 bits per heavy atom. The molecule has 0 atom stereocenters.